The molecular formula is C23H29NO4. The van der Waals surface area contributed by atoms with Crippen molar-refractivity contribution in [3.05, 3.63) is 23.3 Å². The number of likely N-dealkylation sites (tertiary alicyclic amines) is 1. The second-order valence-electron chi connectivity index (χ2n) is 10.4. The molecule has 150 valence electrons. The molecular weight excluding hydrogens is 354 g/mol. The summed E-state index contributed by atoms with van der Waals surface area (Å²) in [5.41, 5.74) is 0.0945. The average Bonchev–Trinajstić information content (AvgIpc) is 3.38. The quantitative estimate of drug-likeness (QED) is 0.869. The van der Waals surface area contributed by atoms with Crippen LogP contribution in [0.5, 0.6) is 11.5 Å². The van der Waals surface area contributed by atoms with E-state index in [0.29, 0.717) is 17.9 Å². The van der Waals surface area contributed by atoms with Crippen LogP contribution in [0.15, 0.2) is 12.1 Å². The summed E-state index contributed by atoms with van der Waals surface area (Å²) in [6.45, 7) is 5.94. The summed E-state index contributed by atoms with van der Waals surface area (Å²) in [6.07, 6.45) is 4.09. The number of hydrogen-bond donors (Lipinski definition) is 1. The summed E-state index contributed by atoms with van der Waals surface area (Å²) >= 11 is 0. The molecule has 1 N–H and O–H groups in total. The summed E-state index contributed by atoms with van der Waals surface area (Å²) in [7, 11) is 1.64. The van der Waals surface area contributed by atoms with Crippen molar-refractivity contribution in [2.75, 3.05) is 20.2 Å². The maximum atomic E-state index is 13.5. The Balaban J connectivity index is 1.59. The van der Waals surface area contributed by atoms with E-state index in [4.69, 9.17) is 9.47 Å². The largest absolute Gasteiger partial charge is 0.493 e. The third-order valence-electron chi connectivity index (χ3n) is 8.33. The van der Waals surface area contributed by atoms with Gasteiger partial charge in [-0.15, -0.1) is 0 Å². The highest BCUT2D eigenvalue weighted by Crippen LogP contribution is 2.67. The first-order chi connectivity index (χ1) is 13.3. The average molecular weight is 383 g/mol. The Labute approximate surface area is 166 Å². The van der Waals surface area contributed by atoms with Gasteiger partial charge >= 0.3 is 0 Å². The van der Waals surface area contributed by atoms with Crippen molar-refractivity contribution in [3.8, 4) is 11.5 Å². The van der Waals surface area contributed by atoms with Gasteiger partial charge in [-0.3, -0.25) is 9.69 Å². The number of nitrogens with zero attached hydrogens (tertiary/aromatic N) is 1. The Bertz CT molecular complexity index is 891. The lowest BCUT2D eigenvalue weighted by Crippen LogP contribution is -2.79. The van der Waals surface area contributed by atoms with Crippen molar-refractivity contribution >= 4 is 5.78 Å². The highest BCUT2D eigenvalue weighted by Gasteiger charge is 2.76. The first-order valence-corrected chi connectivity index (χ1v) is 10.7. The zero-order valence-corrected chi connectivity index (χ0v) is 17.0. The molecule has 1 aromatic rings. The number of carbonyl (C=O) groups is 1. The minimum atomic E-state index is -0.952. The molecule has 3 aliphatic carbocycles. The van der Waals surface area contributed by atoms with Crippen molar-refractivity contribution in [1.29, 1.82) is 0 Å². The summed E-state index contributed by atoms with van der Waals surface area (Å²) in [6, 6.07) is 4.14. The van der Waals surface area contributed by atoms with E-state index in [-0.39, 0.29) is 11.8 Å². The number of benzene rings is 1. The van der Waals surface area contributed by atoms with Gasteiger partial charge in [0.25, 0.3) is 0 Å². The molecule has 1 spiro atoms. The number of ketones is 1. The number of piperidine rings is 1. The van der Waals surface area contributed by atoms with E-state index < -0.39 is 22.5 Å². The van der Waals surface area contributed by atoms with Crippen LogP contribution in [-0.2, 0) is 16.6 Å². The van der Waals surface area contributed by atoms with Crippen molar-refractivity contribution in [3.63, 3.8) is 0 Å². The number of aliphatic hydroxyl groups is 1. The molecule has 5 nitrogen and oxygen atoms in total. The van der Waals surface area contributed by atoms with Gasteiger partial charge in [0, 0.05) is 23.6 Å². The normalized spacial score (nSPS) is 40.1. The Hall–Kier alpha value is -1.59. The molecule has 2 bridgehead atoms. The maximum absolute atomic E-state index is 13.5. The lowest BCUT2D eigenvalue weighted by atomic mass is 9.45. The van der Waals surface area contributed by atoms with Crippen LogP contribution in [0.1, 0.15) is 50.7 Å². The molecule has 5 aliphatic rings. The number of Topliss-reactive ketones (excluding diaryl/α,β-unsaturated/α-hetero) is 1. The van der Waals surface area contributed by atoms with Crippen LogP contribution in [-0.4, -0.2) is 53.7 Å². The van der Waals surface area contributed by atoms with Crippen molar-refractivity contribution in [2.45, 2.75) is 69.1 Å². The number of rotatable bonds is 3. The summed E-state index contributed by atoms with van der Waals surface area (Å²) in [4.78, 5) is 16.0. The van der Waals surface area contributed by atoms with Crippen molar-refractivity contribution in [1.82, 2.24) is 4.90 Å². The molecule has 3 unspecified atom stereocenters. The smallest absolute Gasteiger partial charge is 0.180 e. The van der Waals surface area contributed by atoms with Crippen LogP contribution in [0.3, 0.4) is 0 Å². The van der Waals surface area contributed by atoms with E-state index in [1.54, 1.807) is 7.11 Å². The molecule has 2 saturated carbocycles. The molecule has 4 atom stereocenters. The van der Waals surface area contributed by atoms with Crippen molar-refractivity contribution in [2.24, 2.45) is 11.3 Å². The van der Waals surface area contributed by atoms with Crippen LogP contribution in [0.25, 0.3) is 0 Å². The Morgan fingerprint density at radius 3 is 2.82 bits per heavy atom. The number of carbonyl (C=O) groups excluding carboxylic acids is 1. The zero-order chi connectivity index (χ0) is 19.5. The predicted octanol–water partition coefficient (Wildman–Crippen LogP) is 2.46. The van der Waals surface area contributed by atoms with Gasteiger partial charge in [0.1, 0.15) is 0 Å². The van der Waals surface area contributed by atoms with Gasteiger partial charge in [-0.05, 0) is 56.2 Å². The Kier molecular flexibility index (Phi) is 3.16. The van der Waals surface area contributed by atoms with Crippen LogP contribution >= 0.6 is 0 Å². The zero-order valence-electron chi connectivity index (χ0n) is 17.0. The topological polar surface area (TPSA) is 59.0 Å². The van der Waals surface area contributed by atoms with Crippen LogP contribution in [0.2, 0.25) is 0 Å². The molecule has 2 aliphatic heterocycles. The van der Waals surface area contributed by atoms with Gasteiger partial charge in [0.15, 0.2) is 23.4 Å². The summed E-state index contributed by atoms with van der Waals surface area (Å²) in [5.74, 6) is 2.27. The predicted molar refractivity (Wildman–Crippen MR) is 104 cm³/mol. The minimum Gasteiger partial charge on any atom is -0.493 e. The number of hydrogen-bond acceptors (Lipinski definition) is 5. The highest BCUT2D eigenvalue weighted by molar-refractivity contribution is 5.94. The summed E-state index contributed by atoms with van der Waals surface area (Å²) < 4.78 is 12.0. The van der Waals surface area contributed by atoms with Crippen LogP contribution in [0.4, 0.5) is 0 Å². The Morgan fingerprint density at radius 2 is 2.11 bits per heavy atom. The molecule has 1 saturated heterocycles. The number of methoxy groups -OCH3 is 1. The van der Waals surface area contributed by atoms with E-state index in [1.807, 2.05) is 19.9 Å². The van der Waals surface area contributed by atoms with E-state index >= 15 is 0 Å². The third-order valence-corrected chi connectivity index (χ3v) is 8.33. The van der Waals surface area contributed by atoms with E-state index in [9.17, 15) is 9.90 Å². The molecule has 28 heavy (non-hydrogen) atoms. The van der Waals surface area contributed by atoms with Crippen molar-refractivity contribution < 1.29 is 19.4 Å². The SMILES string of the molecule is COc1ccc2c3c1O[C@@H]1C(=O)C(C)(C)CC4(O)C(C2)N(CC2CC2)CCC314. The fourth-order valence-corrected chi connectivity index (χ4v) is 6.91. The van der Waals surface area contributed by atoms with E-state index in [1.165, 1.54) is 18.4 Å². The molecule has 6 rings (SSSR count). The molecule has 0 amide bonds. The van der Waals surface area contributed by atoms with Gasteiger partial charge < -0.3 is 14.6 Å². The fraction of sp³-hybridized carbons (Fsp3) is 0.696. The van der Waals surface area contributed by atoms with Gasteiger partial charge in [0.05, 0.1) is 18.1 Å². The van der Waals surface area contributed by atoms with E-state index in [0.717, 1.165) is 37.4 Å². The Morgan fingerprint density at radius 1 is 1.32 bits per heavy atom. The minimum absolute atomic E-state index is 0.0483. The number of ether oxygens (including phenoxy) is 2. The lowest BCUT2D eigenvalue weighted by molar-refractivity contribution is -0.206. The third kappa shape index (κ3) is 1.83. The second kappa shape index (κ2) is 5.11. The van der Waals surface area contributed by atoms with Gasteiger partial charge in [-0.2, -0.15) is 0 Å². The molecule has 2 heterocycles. The monoisotopic (exact) mass is 383 g/mol. The van der Waals surface area contributed by atoms with Gasteiger partial charge in [-0.1, -0.05) is 19.9 Å². The summed E-state index contributed by atoms with van der Waals surface area (Å²) in [5, 5.41) is 12.4. The first kappa shape index (κ1) is 17.3. The van der Waals surface area contributed by atoms with Crippen LogP contribution < -0.4 is 9.47 Å². The molecule has 3 fully saturated rings. The standard InChI is InChI=1S/C23H29NO4/c1-21(2)12-23(26)16-10-14-6-7-15(27-3)18-17(14)22(23,20(28-18)19(21)25)8-9-24(16)11-13-4-5-13/h6-7,13,16,20,26H,4-5,8-12H2,1-3H3/t16?,20-,22?,23?/m1/s1. The lowest BCUT2D eigenvalue weighted by Gasteiger charge is -2.64. The first-order valence-electron chi connectivity index (χ1n) is 10.7. The van der Waals surface area contributed by atoms with Gasteiger partial charge in [-0.25, -0.2) is 0 Å². The fourth-order valence-electron chi connectivity index (χ4n) is 6.91. The molecule has 5 heteroatoms. The van der Waals surface area contributed by atoms with Gasteiger partial charge in [0.2, 0.25) is 0 Å². The highest BCUT2D eigenvalue weighted by atomic mass is 16.5. The van der Waals surface area contributed by atoms with E-state index in [2.05, 4.69) is 11.0 Å². The molecule has 0 radical (unpaired) electrons. The molecule has 0 aromatic heterocycles. The van der Waals surface area contributed by atoms with Crippen LogP contribution in [0, 0.1) is 11.3 Å². The molecule has 1 aromatic carbocycles. The maximum Gasteiger partial charge on any atom is 0.180 e. The second-order valence-corrected chi connectivity index (χ2v) is 10.4.